The maximum atomic E-state index is 9.78. The average molecular weight is 412 g/mol. The number of nitrogens with one attached hydrogen (secondary N) is 1. The van der Waals surface area contributed by atoms with Gasteiger partial charge >= 0.3 is 7.12 Å². The Bertz CT molecular complexity index is 1240. The van der Waals surface area contributed by atoms with E-state index in [1.165, 1.54) is 11.1 Å². The van der Waals surface area contributed by atoms with Crippen molar-refractivity contribution in [2.45, 2.75) is 39.2 Å². The fraction of sp³-hybridized carbons (Fsp3) is 0.250. The van der Waals surface area contributed by atoms with Crippen LogP contribution in [-0.4, -0.2) is 31.7 Å². The third-order valence-corrected chi connectivity index (χ3v) is 6.02. The minimum absolute atomic E-state index is 0.486. The van der Waals surface area contributed by atoms with Gasteiger partial charge in [0, 0.05) is 23.2 Å². The van der Waals surface area contributed by atoms with Crippen LogP contribution in [0.1, 0.15) is 35.4 Å². The molecule has 2 aromatic carbocycles. The normalized spacial score (nSPS) is 13.3. The minimum atomic E-state index is -1.52. The molecule has 0 atom stereocenters. The van der Waals surface area contributed by atoms with Crippen molar-refractivity contribution >= 4 is 29.3 Å². The topological polar surface area (TPSA) is 83.2 Å². The second-order valence-electron chi connectivity index (χ2n) is 8.12. The highest BCUT2D eigenvalue weighted by atomic mass is 16.4. The van der Waals surface area contributed by atoms with E-state index in [1.54, 1.807) is 6.07 Å². The van der Waals surface area contributed by atoms with E-state index in [2.05, 4.69) is 17.4 Å². The Balaban J connectivity index is 1.62. The van der Waals surface area contributed by atoms with Gasteiger partial charge in [-0.25, -0.2) is 4.98 Å². The zero-order valence-electron chi connectivity index (χ0n) is 17.5. The molecule has 4 aromatic rings. The Kier molecular flexibility index (Phi) is 5.22. The van der Waals surface area contributed by atoms with Gasteiger partial charge in [-0.05, 0) is 55.8 Å². The first-order chi connectivity index (χ1) is 15.1. The van der Waals surface area contributed by atoms with E-state index in [9.17, 15) is 10.0 Å². The Hall–Kier alpha value is -3.16. The standard InChI is InChI=1S/C24H25BN4O2/c1-16-14-19-20(25(30)31)11-7-13-22(19)29(16)24-27-21-12-6-5-10-18(21)23(28-24)26-15-17-8-3-2-4-9-17/h2-4,7-9,11,13-14,30-31H,5-6,10,12,15H2,1H3,(H,26,27,28). The van der Waals surface area contributed by atoms with Gasteiger partial charge < -0.3 is 15.4 Å². The largest absolute Gasteiger partial charge is 0.489 e. The molecule has 7 heteroatoms. The lowest BCUT2D eigenvalue weighted by molar-refractivity contribution is 0.426. The van der Waals surface area contributed by atoms with Crippen molar-refractivity contribution in [1.29, 1.82) is 0 Å². The Morgan fingerprint density at radius 3 is 2.61 bits per heavy atom. The van der Waals surface area contributed by atoms with Crippen molar-refractivity contribution in [2.75, 3.05) is 5.32 Å². The van der Waals surface area contributed by atoms with Crippen molar-refractivity contribution in [2.24, 2.45) is 0 Å². The first-order valence-corrected chi connectivity index (χ1v) is 10.8. The molecule has 3 N–H and O–H groups in total. The Morgan fingerprint density at radius 1 is 1.00 bits per heavy atom. The van der Waals surface area contributed by atoms with Crippen molar-refractivity contribution in [1.82, 2.24) is 14.5 Å². The van der Waals surface area contributed by atoms with Crippen LogP contribution in [0.4, 0.5) is 5.82 Å². The summed E-state index contributed by atoms with van der Waals surface area (Å²) in [5.74, 6) is 1.51. The first kappa shape index (κ1) is 19.8. The van der Waals surface area contributed by atoms with Crippen LogP contribution in [0.5, 0.6) is 0 Å². The maximum absolute atomic E-state index is 9.78. The third kappa shape index (κ3) is 3.71. The summed E-state index contributed by atoms with van der Waals surface area (Å²) in [6.07, 6.45) is 4.22. The van der Waals surface area contributed by atoms with Gasteiger partial charge in [-0.1, -0.05) is 42.5 Å². The van der Waals surface area contributed by atoms with Gasteiger partial charge in [0.25, 0.3) is 0 Å². The summed E-state index contributed by atoms with van der Waals surface area (Å²) in [6, 6.07) is 17.8. The van der Waals surface area contributed by atoms with Crippen LogP contribution in [0.2, 0.25) is 0 Å². The average Bonchev–Trinajstić information content (AvgIpc) is 3.13. The molecule has 0 saturated heterocycles. The van der Waals surface area contributed by atoms with E-state index in [0.717, 1.165) is 53.8 Å². The zero-order valence-corrected chi connectivity index (χ0v) is 17.5. The monoisotopic (exact) mass is 412 g/mol. The van der Waals surface area contributed by atoms with E-state index in [0.29, 0.717) is 18.0 Å². The molecule has 6 nitrogen and oxygen atoms in total. The molecule has 0 fully saturated rings. The van der Waals surface area contributed by atoms with Gasteiger partial charge in [0.15, 0.2) is 0 Å². The summed E-state index contributed by atoms with van der Waals surface area (Å²) in [5, 5.41) is 23.9. The third-order valence-electron chi connectivity index (χ3n) is 6.02. The fourth-order valence-electron chi connectivity index (χ4n) is 4.49. The lowest BCUT2D eigenvalue weighted by atomic mass is 9.78. The molecule has 0 saturated carbocycles. The molecule has 0 bridgehead atoms. The van der Waals surface area contributed by atoms with E-state index in [-0.39, 0.29) is 0 Å². The van der Waals surface area contributed by atoms with E-state index in [4.69, 9.17) is 9.97 Å². The SMILES string of the molecule is Cc1cc2c(B(O)O)cccc2n1-c1nc2c(c(NCc3ccccc3)n1)CCCC2. The number of fused-ring (bicyclic) bond motifs is 2. The number of benzene rings is 2. The lowest BCUT2D eigenvalue weighted by Crippen LogP contribution is -2.30. The molecule has 0 aliphatic heterocycles. The number of anilines is 1. The second-order valence-corrected chi connectivity index (χ2v) is 8.12. The number of hydrogen-bond donors (Lipinski definition) is 3. The molecule has 2 aromatic heterocycles. The van der Waals surface area contributed by atoms with Crippen molar-refractivity contribution in [3.63, 3.8) is 0 Å². The van der Waals surface area contributed by atoms with Gasteiger partial charge in [0.1, 0.15) is 5.82 Å². The first-order valence-electron chi connectivity index (χ1n) is 10.8. The smallest absolute Gasteiger partial charge is 0.423 e. The predicted octanol–water partition coefficient (Wildman–Crippen LogP) is 2.90. The van der Waals surface area contributed by atoms with E-state index < -0.39 is 7.12 Å². The molecular weight excluding hydrogens is 387 g/mol. The van der Waals surface area contributed by atoms with Gasteiger partial charge in [-0.3, -0.25) is 4.57 Å². The van der Waals surface area contributed by atoms with Crippen LogP contribution in [-0.2, 0) is 19.4 Å². The summed E-state index contributed by atoms with van der Waals surface area (Å²) in [6.45, 7) is 2.70. The summed E-state index contributed by atoms with van der Waals surface area (Å²) in [5.41, 5.74) is 5.83. The number of rotatable bonds is 5. The summed E-state index contributed by atoms with van der Waals surface area (Å²) < 4.78 is 2.00. The summed E-state index contributed by atoms with van der Waals surface area (Å²) >= 11 is 0. The highest BCUT2D eigenvalue weighted by Crippen LogP contribution is 2.29. The molecule has 2 heterocycles. The molecule has 0 unspecified atom stereocenters. The fourth-order valence-corrected chi connectivity index (χ4v) is 4.49. The summed E-state index contributed by atoms with van der Waals surface area (Å²) in [7, 11) is -1.52. The van der Waals surface area contributed by atoms with E-state index in [1.807, 2.05) is 47.9 Å². The van der Waals surface area contributed by atoms with Crippen molar-refractivity contribution < 1.29 is 10.0 Å². The number of hydrogen-bond acceptors (Lipinski definition) is 5. The number of nitrogens with zero attached hydrogens (tertiary/aromatic N) is 3. The zero-order chi connectivity index (χ0) is 21.4. The molecule has 156 valence electrons. The van der Waals surface area contributed by atoms with Crippen molar-refractivity contribution in [3.05, 3.63) is 77.1 Å². The lowest BCUT2D eigenvalue weighted by Gasteiger charge is -2.21. The number of aryl methyl sites for hydroxylation is 2. The molecule has 0 amide bonds. The van der Waals surface area contributed by atoms with Crippen molar-refractivity contribution in [3.8, 4) is 5.95 Å². The van der Waals surface area contributed by atoms with Gasteiger partial charge in [-0.2, -0.15) is 4.98 Å². The molecule has 1 aliphatic rings. The molecule has 31 heavy (non-hydrogen) atoms. The van der Waals surface area contributed by atoms with E-state index >= 15 is 0 Å². The Labute approximate surface area is 181 Å². The van der Waals surface area contributed by atoms with Gasteiger partial charge in [0.05, 0.1) is 11.2 Å². The second kappa shape index (κ2) is 8.17. The highest BCUT2D eigenvalue weighted by molar-refractivity contribution is 6.61. The van der Waals surface area contributed by atoms with Gasteiger partial charge in [-0.15, -0.1) is 0 Å². The molecule has 0 radical (unpaired) electrons. The van der Waals surface area contributed by atoms with Crippen LogP contribution in [0.15, 0.2) is 54.6 Å². The highest BCUT2D eigenvalue weighted by Gasteiger charge is 2.22. The van der Waals surface area contributed by atoms with Crippen LogP contribution in [0.3, 0.4) is 0 Å². The quantitative estimate of drug-likeness (QED) is 0.439. The summed E-state index contributed by atoms with van der Waals surface area (Å²) in [4.78, 5) is 9.89. The Morgan fingerprint density at radius 2 is 1.81 bits per heavy atom. The maximum Gasteiger partial charge on any atom is 0.489 e. The van der Waals surface area contributed by atoms with Gasteiger partial charge in [0.2, 0.25) is 5.95 Å². The van der Waals surface area contributed by atoms with Crippen LogP contribution < -0.4 is 10.8 Å². The minimum Gasteiger partial charge on any atom is -0.423 e. The van der Waals surface area contributed by atoms with Crippen LogP contribution in [0.25, 0.3) is 16.9 Å². The van der Waals surface area contributed by atoms with Crippen LogP contribution >= 0.6 is 0 Å². The van der Waals surface area contributed by atoms with Crippen LogP contribution in [0, 0.1) is 6.92 Å². The molecular formula is C24H25BN4O2. The molecule has 0 spiro atoms. The predicted molar refractivity (Wildman–Crippen MR) is 124 cm³/mol. The number of aromatic nitrogens is 3. The molecule has 5 rings (SSSR count). The molecule has 1 aliphatic carbocycles.